The molecule has 9 heteroatoms. The Morgan fingerprint density at radius 3 is 2.22 bits per heavy atom. The minimum absolute atomic E-state index is 0.0130. The van der Waals surface area contributed by atoms with E-state index in [1.807, 2.05) is 59.7 Å². The van der Waals surface area contributed by atoms with E-state index in [1.54, 1.807) is 40.9 Å². The third kappa shape index (κ3) is 10.3. The fourth-order valence-electron chi connectivity index (χ4n) is 6.27. The maximum Gasteiger partial charge on any atom is 0.328 e. The number of amides is 2. The Kier molecular flexibility index (Phi) is 14.0. The molecule has 0 heterocycles. The number of methoxy groups -OCH3 is 1. The number of rotatable bonds is 17. The highest BCUT2D eigenvalue weighted by atomic mass is 32.2. The summed E-state index contributed by atoms with van der Waals surface area (Å²) in [6.07, 6.45) is 3.02. The number of ketones is 1. The summed E-state index contributed by atoms with van der Waals surface area (Å²) in [6.45, 7) is 6.47. The largest absolute Gasteiger partial charge is 0.467 e. The summed E-state index contributed by atoms with van der Waals surface area (Å²) in [5.41, 5.74) is 2.54. The van der Waals surface area contributed by atoms with Crippen LogP contribution in [0.1, 0.15) is 55.1 Å². The molecule has 0 fully saturated rings. The van der Waals surface area contributed by atoms with Crippen LogP contribution >= 0.6 is 11.8 Å². The van der Waals surface area contributed by atoms with Crippen molar-refractivity contribution in [3.63, 3.8) is 0 Å². The number of anilines is 1. The molecule has 2 amide bonds. The smallest absolute Gasteiger partial charge is 0.328 e. The minimum atomic E-state index is -0.764. The normalized spacial score (nSPS) is 12.5. The first-order valence-electron chi connectivity index (χ1n) is 16.7. The molecule has 258 valence electrons. The molecule has 49 heavy (non-hydrogen) atoms. The van der Waals surface area contributed by atoms with Crippen molar-refractivity contribution in [1.82, 2.24) is 10.2 Å². The molecule has 0 radical (unpaired) electrons. The number of esters is 1. The number of nitrogens with zero attached hydrogens (tertiary/aromatic N) is 2. The lowest BCUT2D eigenvalue weighted by Crippen LogP contribution is -2.51. The van der Waals surface area contributed by atoms with Crippen LogP contribution in [0, 0.1) is 5.92 Å². The first-order valence-corrected chi connectivity index (χ1v) is 18.1. The summed E-state index contributed by atoms with van der Waals surface area (Å²) in [5, 5.41) is 5.06. The number of benzene rings is 4. The molecule has 0 saturated heterocycles. The van der Waals surface area contributed by atoms with Crippen molar-refractivity contribution in [3.05, 3.63) is 114 Å². The number of hydrogen-bond acceptors (Lipinski definition) is 7. The quantitative estimate of drug-likeness (QED) is 0.0973. The van der Waals surface area contributed by atoms with Crippen molar-refractivity contribution in [1.29, 1.82) is 0 Å². The van der Waals surface area contributed by atoms with E-state index < -0.39 is 12.0 Å². The molecule has 0 spiro atoms. The lowest BCUT2D eigenvalue weighted by atomic mass is 9.97. The van der Waals surface area contributed by atoms with Crippen LogP contribution in [-0.2, 0) is 25.7 Å². The van der Waals surface area contributed by atoms with Gasteiger partial charge in [0.25, 0.3) is 0 Å². The minimum Gasteiger partial charge on any atom is -0.467 e. The number of thioether (sulfide) groups is 1. The molecule has 1 N–H and O–H groups in total. The zero-order valence-electron chi connectivity index (χ0n) is 29.1. The van der Waals surface area contributed by atoms with Crippen molar-refractivity contribution < 1.29 is 23.9 Å². The number of carbonyl (C=O) groups is 4. The van der Waals surface area contributed by atoms with Crippen LogP contribution in [0.3, 0.4) is 0 Å². The van der Waals surface area contributed by atoms with Gasteiger partial charge in [-0.15, -0.1) is 0 Å². The molecule has 0 aliphatic heterocycles. The highest BCUT2D eigenvalue weighted by Crippen LogP contribution is 2.29. The summed E-state index contributed by atoms with van der Waals surface area (Å²) in [6, 6.07) is 29.4. The SMILES string of the molecule is COC(=O)C(CCSC)NC(=O)CN(Cc1cccc2ccccc12)CC(CC(C)C)N(C(C)=O)c1ccccc1C(=O)c1ccccc1. The van der Waals surface area contributed by atoms with Crippen LogP contribution < -0.4 is 10.2 Å². The van der Waals surface area contributed by atoms with E-state index in [4.69, 9.17) is 4.74 Å². The number of carbonyl (C=O) groups excluding carboxylic acids is 4. The number of ether oxygens (including phenoxy) is 1. The van der Waals surface area contributed by atoms with Gasteiger partial charge in [-0.05, 0) is 59.2 Å². The van der Waals surface area contributed by atoms with Crippen molar-refractivity contribution in [3.8, 4) is 0 Å². The van der Waals surface area contributed by atoms with Crippen LogP contribution in [0.15, 0.2) is 97.1 Å². The second kappa shape index (κ2) is 18.3. The first kappa shape index (κ1) is 37.4. The molecule has 0 aliphatic carbocycles. The van der Waals surface area contributed by atoms with Crippen molar-refractivity contribution in [2.24, 2.45) is 5.92 Å². The predicted octanol–water partition coefficient (Wildman–Crippen LogP) is 6.75. The predicted molar refractivity (Wildman–Crippen MR) is 199 cm³/mol. The van der Waals surface area contributed by atoms with Crippen LogP contribution in [-0.4, -0.2) is 72.8 Å². The molecule has 8 nitrogen and oxygen atoms in total. The maximum absolute atomic E-state index is 13.8. The first-order chi connectivity index (χ1) is 23.6. The van der Waals surface area contributed by atoms with Gasteiger partial charge >= 0.3 is 5.97 Å². The van der Waals surface area contributed by atoms with Gasteiger partial charge in [0.05, 0.1) is 19.3 Å². The van der Waals surface area contributed by atoms with Crippen molar-refractivity contribution in [2.45, 2.75) is 52.2 Å². The second-order valence-electron chi connectivity index (χ2n) is 12.6. The van der Waals surface area contributed by atoms with E-state index >= 15 is 0 Å². The standard InChI is InChI=1S/C40H47N3O5S/c1-28(2)24-33(43(29(3)44)37-21-12-11-20-35(37)39(46)31-15-7-6-8-16-31)26-42(25-32-18-13-17-30-14-9-10-19-34(30)32)27-38(45)41-36(22-23-49-5)40(47)48-4/h6-21,28,33,36H,22-27H2,1-5H3,(H,41,45). The zero-order chi connectivity index (χ0) is 35.3. The third-order valence-electron chi connectivity index (χ3n) is 8.43. The van der Waals surface area contributed by atoms with Gasteiger partial charge in [-0.25, -0.2) is 4.79 Å². The highest BCUT2D eigenvalue weighted by molar-refractivity contribution is 7.98. The van der Waals surface area contributed by atoms with Gasteiger partial charge in [0.1, 0.15) is 6.04 Å². The van der Waals surface area contributed by atoms with Crippen LogP contribution in [0.4, 0.5) is 5.69 Å². The molecule has 2 unspecified atom stereocenters. The Labute approximate surface area is 294 Å². The topological polar surface area (TPSA) is 96.0 Å². The van der Waals surface area contributed by atoms with E-state index in [0.29, 0.717) is 48.5 Å². The summed E-state index contributed by atoms with van der Waals surface area (Å²) in [4.78, 5) is 57.4. The number of para-hydroxylation sites is 1. The highest BCUT2D eigenvalue weighted by Gasteiger charge is 2.31. The van der Waals surface area contributed by atoms with Crippen LogP contribution in [0.25, 0.3) is 10.8 Å². The lowest BCUT2D eigenvalue weighted by Gasteiger charge is -2.37. The fraction of sp³-hybridized carbons (Fsp3) is 0.350. The maximum atomic E-state index is 13.8. The Morgan fingerprint density at radius 2 is 1.53 bits per heavy atom. The molecule has 0 saturated carbocycles. The molecular formula is C40H47N3O5S. The Hall–Kier alpha value is -4.47. The summed E-state index contributed by atoms with van der Waals surface area (Å²) in [7, 11) is 1.32. The molecular weight excluding hydrogens is 635 g/mol. The van der Waals surface area contributed by atoms with Crippen LogP contribution in [0.5, 0.6) is 0 Å². The molecule has 0 aliphatic rings. The molecule has 0 aromatic heterocycles. The van der Waals surface area contributed by atoms with E-state index in [9.17, 15) is 19.2 Å². The van der Waals surface area contributed by atoms with Gasteiger partial charge in [-0.1, -0.05) is 98.8 Å². The third-order valence-corrected chi connectivity index (χ3v) is 9.08. The van der Waals surface area contributed by atoms with Gasteiger partial charge in [0.15, 0.2) is 5.78 Å². The monoisotopic (exact) mass is 681 g/mol. The van der Waals surface area contributed by atoms with Crippen molar-refractivity contribution in [2.75, 3.05) is 37.1 Å². The second-order valence-corrected chi connectivity index (χ2v) is 13.6. The zero-order valence-corrected chi connectivity index (χ0v) is 29.9. The molecule has 4 rings (SSSR count). The molecule has 4 aromatic rings. The van der Waals surface area contributed by atoms with E-state index in [1.165, 1.54) is 14.0 Å². The van der Waals surface area contributed by atoms with E-state index in [2.05, 4.69) is 43.4 Å². The number of fused-ring (bicyclic) bond motifs is 1. The van der Waals surface area contributed by atoms with Crippen molar-refractivity contribution >= 4 is 51.8 Å². The van der Waals surface area contributed by atoms with Gasteiger partial charge in [-0.2, -0.15) is 11.8 Å². The van der Waals surface area contributed by atoms with Gasteiger partial charge in [0.2, 0.25) is 11.8 Å². The molecule has 2 atom stereocenters. The Balaban J connectivity index is 1.74. The Bertz CT molecular complexity index is 1720. The Morgan fingerprint density at radius 1 is 0.857 bits per heavy atom. The fourth-order valence-corrected chi connectivity index (χ4v) is 6.75. The van der Waals surface area contributed by atoms with Gasteiger partial charge in [0, 0.05) is 37.2 Å². The summed E-state index contributed by atoms with van der Waals surface area (Å²) < 4.78 is 4.99. The molecule has 4 aromatic carbocycles. The average Bonchev–Trinajstić information content (AvgIpc) is 3.09. The molecule has 0 bridgehead atoms. The lowest BCUT2D eigenvalue weighted by molar-refractivity contribution is -0.145. The number of hydrogen-bond donors (Lipinski definition) is 1. The van der Waals surface area contributed by atoms with Gasteiger partial charge in [-0.3, -0.25) is 19.3 Å². The summed E-state index contributed by atoms with van der Waals surface area (Å²) in [5.74, 6) is -0.275. The van der Waals surface area contributed by atoms with Crippen LogP contribution in [0.2, 0.25) is 0 Å². The van der Waals surface area contributed by atoms with E-state index in [-0.39, 0.29) is 36.1 Å². The average molecular weight is 682 g/mol. The van der Waals surface area contributed by atoms with Gasteiger partial charge < -0.3 is 15.0 Å². The number of nitrogens with one attached hydrogen (secondary N) is 1. The summed E-state index contributed by atoms with van der Waals surface area (Å²) >= 11 is 1.59. The van der Waals surface area contributed by atoms with E-state index in [0.717, 1.165) is 16.3 Å².